The monoisotopic (exact) mass is 420 g/mol. The lowest BCUT2D eigenvalue weighted by atomic mass is 10.0. The van der Waals surface area contributed by atoms with Crippen LogP contribution in [0.5, 0.6) is 0 Å². The van der Waals surface area contributed by atoms with Gasteiger partial charge in [0.25, 0.3) is 5.91 Å². The topological polar surface area (TPSA) is 79.3 Å². The average Bonchev–Trinajstić information content (AvgIpc) is 3.11. The first kappa shape index (κ1) is 19.4. The van der Waals surface area contributed by atoms with E-state index >= 15 is 0 Å². The van der Waals surface area contributed by atoms with E-state index < -0.39 is 17.9 Å². The highest BCUT2D eigenvalue weighted by molar-refractivity contribution is 7.13. The summed E-state index contributed by atoms with van der Waals surface area (Å²) in [4.78, 5) is 28.1. The minimum absolute atomic E-state index is 0.215. The summed E-state index contributed by atoms with van der Waals surface area (Å²) >= 11 is 13.3. The van der Waals surface area contributed by atoms with Gasteiger partial charge in [0.2, 0.25) is 0 Å². The number of aromatic nitrogens is 1. The molecule has 3 rings (SSSR count). The molecule has 138 valence electrons. The predicted molar refractivity (Wildman–Crippen MR) is 106 cm³/mol. The summed E-state index contributed by atoms with van der Waals surface area (Å²) in [6.45, 7) is 0. The van der Waals surface area contributed by atoms with Crippen LogP contribution in [0.15, 0.2) is 53.9 Å². The number of carbonyl (C=O) groups excluding carboxylic acids is 1. The maximum Gasteiger partial charge on any atom is 0.305 e. The number of benzene rings is 2. The van der Waals surface area contributed by atoms with Gasteiger partial charge in [-0.1, -0.05) is 47.5 Å². The van der Waals surface area contributed by atoms with Crippen LogP contribution < -0.4 is 5.32 Å². The first-order valence-corrected chi connectivity index (χ1v) is 9.55. The molecule has 0 aliphatic heterocycles. The number of rotatable bonds is 6. The fourth-order valence-electron chi connectivity index (χ4n) is 2.51. The number of nitrogens with zero attached hydrogens (tertiary/aromatic N) is 1. The zero-order chi connectivity index (χ0) is 19.4. The van der Waals surface area contributed by atoms with Gasteiger partial charge < -0.3 is 10.4 Å². The number of halogens is 2. The highest BCUT2D eigenvalue weighted by Gasteiger charge is 2.21. The van der Waals surface area contributed by atoms with Crippen LogP contribution in [0.2, 0.25) is 10.0 Å². The Labute approximate surface area is 169 Å². The van der Waals surface area contributed by atoms with E-state index in [0.29, 0.717) is 20.6 Å². The molecule has 1 aromatic heterocycles. The maximum atomic E-state index is 12.6. The molecule has 0 saturated heterocycles. The number of thiazole rings is 1. The van der Waals surface area contributed by atoms with Crippen molar-refractivity contribution < 1.29 is 14.7 Å². The second kappa shape index (κ2) is 8.52. The first-order chi connectivity index (χ1) is 12.9. The Morgan fingerprint density at radius 2 is 1.81 bits per heavy atom. The van der Waals surface area contributed by atoms with Crippen molar-refractivity contribution in [3.05, 3.63) is 75.2 Å². The molecule has 0 fully saturated rings. The number of carboxylic acid groups (broad SMARTS) is 1. The van der Waals surface area contributed by atoms with Gasteiger partial charge in [-0.2, -0.15) is 0 Å². The van der Waals surface area contributed by atoms with Gasteiger partial charge >= 0.3 is 5.97 Å². The number of amides is 1. The summed E-state index contributed by atoms with van der Waals surface area (Å²) in [6, 6.07) is 13.2. The molecule has 0 spiro atoms. The normalized spacial score (nSPS) is 11.8. The lowest BCUT2D eigenvalue weighted by molar-refractivity contribution is -0.137. The van der Waals surface area contributed by atoms with Crippen LogP contribution in [0.4, 0.5) is 0 Å². The summed E-state index contributed by atoms with van der Waals surface area (Å²) in [5, 5.41) is 15.2. The van der Waals surface area contributed by atoms with Gasteiger partial charge in [0, 0.05) is 21.0 Å². The maximum absolute atomic E-state index is 12.6. The third-order valence-electron chi connectivity index (χ3n) is 3.74. The number of carboxylic acids is 1. The molecule has 3 aromatic rings. The zero-order valence-electron chi connectivity index (χ0n) is 13.9. The molecule has 1 atom stereocenters. The lowest BCUT2D eigenvalue weighted by Crippen LogP contribution is -2.30. The van der Waals surface area contributed by atoms with E-state index in [4.69, 9.17) is 28.3 Å². The number of hydrogen-bond acceptors (Lipinski definition) is 4. The quantitative estimate of drug-likeness (QED) is 0.583. The summed E-state index contributed by atoms with van der Waals surface area (Å²) in [7, 11) is 0. The van der Waals surface area contributed by atoms with Gasteiger partial charge in [0.05, 0.1) is 12.5 Å². The Hall–Kier alpha value is -2.41. The molecular formula is C19H14Cl2N2O3S. The number of aliphatic carboxylic acids is 1. The molecule has 0 radical (unpaired) electrons. The molecule has 1 amide bonds. The fourth-order valence-corrected chi connectivity index (χ4v) is 3.70. The molecule has 0 bridgehead atoms. The Morgan fingerprint density at radius 3 is 2.48 bits per heavy atom. The average molecular weight is 421 g/mol. The van der Waals surface area contributed by atoms with Gasteiger partial charge in [0.15, 0.2) is 0 Å². The third kappa shape index (κ3) is 5.07. The number of hydrogen-bond donors (Lipinski definition) is 2. The Balaban J connectivity index is 1.81. The fraction of sp³-hybridized carbons (Fsp3) is 0.105. The van der Waals surface area contributed by atoms with E-state index in [1.54, 1.807) is 47.8 Å². The van der Waals surface area contributed by atoms with Crippen molar-refractivity contribution in [1.82, 2.24) is 10.3 Å². The molecule has 2 N–H and O–H groups in total. The van der Waals surface area contributed by atoms with E-state index in [9.17, 15) is 9.59 Å². The largest absolute Gasteiger partial charge is 0.481 e. The molecule has 0 aliphatic rings. The molecule has 8 heteroatoms. The highest BCUT2D eigenvalue weighted by atomic mass is 35.5. The Bertz CT molecular complexity index is 990. The SMILES string of the molecule is O=C(O)CC(NC(=O)c1csc(-c2cccc(Cl)c2)n1)c1cccc(Cl)c1. The van der Waals surface area contributed by atoms with Crippen molar-refractivity contribution in [2.45, 2.75) is 12.5 Å². The smallest absolute Gasteiger partial charge is 0.305 e. The van der Waals surface area contributed by atoms with Crippen LogP contribution in [0.3, 0.4) is 0 Å². The van der Waals surface area contributed by atoms with Gasteiger partial charge in [0.1, 0.15) is 10.7 Å². The van der Waals surface area contributed by atoms with E-state index in [1.807, 2.05) is 6.07 Å². The minimum Gasteiger partial charge on any atom is -0.481 e. The molecule has 5 nitrogen and oxygen atoms in total. The number of nitrogens with one attached hydrogen (secondary N) is 1. The van der Waals surface area contributed by atoms with Crippen molar-refractivity contribution in [1.29, 1.82) is 0 Å². The molecular weight excluding hydrogens is 407 g/mol. The minimum atomic E-state index is -1.03. The van der Waals surface area contributed by atoms with Crippen molar-refractivity contribution in [2.75, 3.05) is 0 Å². The summed E-state index contributed by atoms with van der Waals surface area (Å²) in [5.41, 5.74) is 1.64. The van der Waals surface area contributed by atoms with E-state index in [0.717, 1.165) is 5.56 Å². The van der Waals surface area contributed by atoms with Gasteiger partial charge in [-0.15, -0.1) is 11.3 Å². The number of carbonyl (C=O) groups is 2. The van der Waals surface area contributed by atoms with Gasteiger partial charge in [-0.05, 0) is 29.8 Å². The molecule has 0 aliphatic carbocycles. The predicted octanol–water partition coefficient (Wildman–Crippen LogP) is 5.06. The van der Waals surface area contributed by atoms with Crippen molar-refractivity contribution in [2.24, 2.45) is 0 Å². The summed E-state index contributed by atoms with van der Waals surface area (Å²) in [5.74, 6) is -1.48. The first-order valence-electron chi connectivity index (χ1n) is 7.92. The van der Waals surface area contributed by atoms with Crippen LogP contribution in [-0.4, -0.2) is 22.0 Å². The van der Waals surface area contributed by atoms with Crippen molar-refractivity contribution >= 4 is 46.4 Å². The summed E-state index contributed by atoms with van der Waals surface area (Å²) in [6.07, 6.45) is -0.266. The van der Waals surface area contributed by atoms with Crippen LogP contribution in [0.25, 0.3) is 10.6 Å². The van der Waals surface area contributed by atoms with E-state index in [1.165, 1.54) is 11.3 Å². The molecule has 2 aromatic carbocycles. The van der Waals surface area contributed by atoms with Crippen LogP contribution >= 0.6 is 34.5 Å². The van der Waals surface area contributed by atoms with Crippen LogP contribution in [0.1, 0.15) is 28.5 Å². The molecule has 27 heavy (non-hydrogen) atoms. The van der Waals surface area contributed by atoms with E-state index in [2.05, 4.69) is 10.3 Å². The van der Waals surface area contributed by atoms with Crippen LogP contribution in [-0.2, 0) is 4.79 Å². The third-order valence-corrected chi connectivity index (χ3v) is 5.11. The zero-order valence-corrected chi connectivity index (χ0v) is 16.2. The van der Waals surface area contributed by atoms with Gasteiger partial charge in [-0.3, -0.25) is 9.59 Å². The lowest BCUT2D eigenvalue weighted by Gasteiger charge is -2.17. The van der Waals surface area contributed by atoms with Crippen molar-refractivity contribution in [3.63, 3.8) is 0 Å². The second-order valence-corrected chi connectivity index (χ2v) is 7.46. The Kier molecular flexibility index (Phi) is 6.11. The van der Waals surface area contributed by atoms with Crippen molar-refractivity contribution in [3.8, 4) is 10.6 Å². The van der Waals surface area contributed by atoms with Crippen LogP contribution in [0, 0.1) is 0 Å². The van der Waals surface area contributed by atoms with E-state index in [-0.39, 0.29) is 12.1 Å². The molecule has 1 heterocycles. The van der Waals surface area contributed by atoms with Gasteiger partial charge in [-0.25, -0.2) is 4.98 Å². The molecule has 0 saturated carbocycles. The summed E-state index contributed by atoms with van der Waals surface area (Å²) < 4.78 is 0. The molecule has 1 unspecified atom stereocenters. The Morgan fingerprint density at radius 1 is 1.11 bits per heavy atom. The highest BCUT2D eigenvalue weighted by Crippen LogP contribution is 2.27. The second-order valence-electron chi connectivity index (χ2n) is 5.73. The standard InChI is InChI=1S/C19H14Cl2N2O3S/c20-13-5-1-3-11(7-13)15(9-17(24)25)22-18(26)16-10-27-19(23-16)12-4-2-6-14(21)8-12/h1-8,10,15H,9H2,(H,22,26)(H,24,25).